The second-order valence-electron chi connectivity index (χ2n) is 3.25. The van der Waals surface area contributed by atoms with Crippen LogP contribution in [0.2, 0.25) is 0 Å². The lowest BCUT2D eigenvalue weighted by molar-refractivity contribution is 0.431. The Balaban J connectivity index is 0.00000196. The maximum absolute atomic E-state index is 12.9. The molecule has 0 aliphatic heterocycles. The van der Waals surface area contributed by atoms with E-state index in [1.54, 1.807) is 6.07 Å². The van der Waals surface area contributed by atoms with Gasteiger partial charge in [0.05, 0.1) is 0 Å². The van der Waals surface area contributed by atoms with Gasteiger partial charge >= 0.3 is 0 Å². The van der Waals surface area contributed by atoms with Crippen molar-refractivity contribution in [1.82, 2.24) is 0 Å². The molecule has 0 aliphatic carbocycles. The Hall–Kier alpha value is -0.840. The third kappa shape index (κ3) is 4.03. The summed E-state index contributed by atoms with van der Waals surface area (Å²) >= 11 is 0. The molecule has 1 atom stereocenters. The van der Waals surface area contributed by atoms with Crippen LogP contribution in [0.1, 0.15) is 24.4 Å². The van der Waals surface area contributed by atoms with Gasteiger partial charge in [0.2, 0.25) is 0 Å². The van der Waals surface area contributed by atoms with Gasteiger partial charge in [0.1, 0.15) is 0 Å². The Labute approximate surface area is 94.7 Å². The van der Waals surface area contributed by atoms with Gasteiger partial charge in [0, 0.05) is 6.04 Å². The van der Waals surface area contributed by atoms with Gasteiger partial charge in [-0.25, -0.2) is 4.39 Å². The minimum Gasteiger partial charge on any atom is -0.505 e. The predicted octanol–water partition coefficient (Wildman–Crippen LogP) is 1.69. The molecule has 0 spiro atoms. The summed E-state index contributed by atoms with van der Waals surface area (Å²) in [6, 6.07) is 3.98. The minimum absolute atomic E-state index is 0. The van der Waals surface area contributed by atoms with Gasteiger partial charge in [-0.2, -0.15) is 0 Å². The first-order chi connectivity index (χ1) is 6.65. The van der Waals surface area contributed by atoms with Gasteiger partial charge in [0.15, 0.2) is 11.6 Å². The zero-order chi connectivity index (χ0) is 10.6. The number of phenolic OH excluding ortho intramolecular Hbond substituents is 1. The van der Waals surface area contributed by atoms with Crippen molar-refractivity contribution >= 4 is 12.4 Å². The van der Waals surface area contributed by atoms with E-state index in [-0.39, 0.29) is 24.2 Å². The summed E-state index contributed by atoms with van der Waals surface area (Å²) in [5, 5.41) is 8.97. The Kier molecular flexibility index (Phi) is 6.24. The molecule has 0 saturated carbocycles. The van der Waals surface area contributed by atoms with E-state index < -0.39 is 5.82 Å². The Morgan fingerprint density at radius 1 is 1.40 bits per heavy atom. The van der Waals surface area contributed by atoms with Crippen LogP contribution in [0.4, 0.5) is 4.39 Å². The quantitative estimate of drug-likeness (QED) is 0.743. The molecule has 1 rings (SSSR count). The summed E-state index contributed by atoms with van der Waals surface area (Å²) in [4.78, 5) is 0. The summed E-state index contributed by atoms with van der Waals surface area (Å²) in [6.07, 6.45) is 1.53. The van der Waals surface area contributed by atoms with Crippen LogP contribution in [0, 0.1) is 5.82 Å². The molecule has 0 heterocycles. The molecule has 0 saturated heterocycles. The molecule has 0 aliphatic rings. The average Bonchev–Trinajstić information content (AvgIpc) is 2.18. The largest absolute Gasteiger partial charge is 0.505 e. The molecule has 0 amide bonds. The van der Waals surface area contributed by atoms with Gasteiger partial charge in [-0.05, 0) is 37.1 Å². The van der Waals surface area contributed by atoms with Crippen molar-refractivity contribution in [1.29, 1.82) is 0 Å². The average molecular weight is 235 g/mol. The van der Waals surface area contributed by atoms with Crippen LogP contribution in [0.25, 0.3) is 0 Å². The summed E-state index contributed by atoms with van der Waals surface area (Å²) in [7, 11) is 0. The number of hydrogen-bond acceptors (Lipinski definition) is 3. The molecule has 0 fully saturated rings. The van der Waals surface area contributed by atoms with Gasteiger partial charge in [-0.15, -0.1) is 12.4 Å². The fraction of sp³-hybridized carbons (Fsp3) is 0.400. The molecule has 3 nitrogen and oxygen atoms in total. The zero-order valence-electron chi connectivity index (χ0n) is 8.32. The predicted molar refractivity (Wildman–Crippen MR) is 60.5 cm³/mol. The number of rotatable bonds is 4. The molecule has 0 bridgehead atoms. The van der Waals surface area contributed by atoms with E-state index >= 15 is 0 Å². The van der Waals surface area contributed by atoms with Crippen molar-refractivity contribution in [2.45, 2.75) is 18.9 Å². The molecule has 86 valence electrons. The van der Waals surface area contributed by atoms with Crippen LogP contribution in [0.15, 0.2) is 18.2 Å². The van der Waals surface area contributed by atoms with Crippen molar-refractivity contribution in [3.05, 3.63) is 29.6 Å². The molecule has 1 aromatic rings. The fourth-order valence-corrected chi connectivity index (χ4v) is 1.26. The van der Waals surface area contributed by atoms with E-state index in [1.807, 2.05) is 0 Å². The van der Waals surface area contributed by atoms with E-state index in [0.29, 0.717) is 12.1 Å². The molecular weight excluding hydrogens is 219 g/mol. The highest BCUT2D eigenvalue weighted by molar-refractivity contribution is 5.85. The number of nitrogens with two attached hydrogens (primary N) is 2. The molecular formula is C10H16ClFN2O. The highest BCUT2D eigenvalue weighted by Crippen LogP contribution is 2.21. The topological polar surface area (TPSA) is 72.3 Å². The summed E-state index contributed by atoms with van der Waals surface area (Å²) in [5.74, 6) is -0.981. The van der Waals surface area contributed by atoms with E-state index in [0.717, 1.165) is 12.8 Å². The highest BCUT2D eigenvalue weighted by Gasteiger charge is 2.08. The lowest BCUT2D eigenvalue weighted by atomic mass is 10.0. The second-order valence-corrected chi connectivity index (χ2v) is 3.25. The Bertz CT molecular complexity index is 309. The van der Waals surface area contributed by atoms with Crippen molar-refractivity contribution < 1.29 is 9.50 Å². The van der Waals surface area contributed by atoms with Crippen molar-refractivity contribution in [2.75, 3.05) is 6.54 Å². The van der Waals surface area contributed by atoms with E-state index in [4.69, 9.17) is 16.6 Å². The fourth-order valence-electron chi connectivity index (χ4n) is 1.26. The Morgan fingerprint density at radius 2 is 2.07 bits per heavy atom. The van der Waals surface area contributed by atoms with Crippen LogP contribution in [-0.2, 0) is 0 Å². The Morgan fingerprint density at radius 3 is 2.60 bits per heavy atom. The summed E-state index contributed by atoms with van der Waals surface area (Å²) in [5.41, 5.74) is 11.8. The second kappa shape index (κ2) is 6.61. The SMILES string of the molecule is Cl.NCCC[C@@H](N)c1ccc(O)c(F)c1. The van der Waals surface area contributed by atoms with Crippen LogP contribution in [0.3, 0.4) is 0 Å². The standard InChI is InChI=1S/C10H15FN2O.ClH/c11-8-6-7(3-4-10(8)14)9(13)2-1-5-12;/h3-4,6,9,14H,1-2,5,12-13H2;1H/t9-;/m1./s1. The minimum atomic E-state index is -0.634. The van der Waals surface area contributed by atoms with Crippen LogP contribution >= 0.6 is 12.4 Å². The first-order valence-electron chi connectivity index (χ1n) is 4.59. The maximum Gasteiger partial charge on any atom is 0.165 e. The first kappa shape index (κ1) is 14.2. The van der Waals surface area contributed by atoms with Crippen molar-refractivity contribution in [2.24, 2.45) is 11.5 Å². The number of phenols is 1. The molecule has 0 unspecified atom stereocenters. The molecule has 5 N–H and O–H groups in total. The number of benzene rings is 1. The monoisotopic (exact) mass is 234 g/mol. The van der Waals surface area contributed by atoms with E-state index in [9.17, 15) is 4.39 Å². The molecule has 15 heavy (non-hydrogen) atoms. The van der Waals surface area contributed by atoms with Crippen LogP contribution in [-0.4, -0.2) is 11.7 Å². The summed E-state index contributed by atoms with van der Waals surface area (Å²) in [6.45, 7) is 0.578. The molecule has 5 heteroatoms. The number of halogens is 2. The highest BCUT2D eigenvalue weighted by atomic mass is 35.5. The maximum atomic E-state index is 12.9. The van der Waals surface area contributed by atoms with Crippen LogP contribution < -0.4 is 11.5 Å². The zero-order valence-corrected chi connectivity index (χ0v) is 9.14. The molecule has 0 aromatic heterocycles. The van der Waals surface area contributed by atoms with Crippen molar-refractivity contribution in [3.63, 3.8) is 0 Å². The molecule has 1 aromatic carbocycles. The lowest BCUT2D eigenvalue weighted by Gasteiger charge is -2.11. The van der Waals surface area contributed by atoms with Gasteiger partial charge in [-0.3, -0.25) is 0 Å². The smallest absolute Gasteiger partial charge is 0.165 e. The molecule has 0 radical (unpaired) electrons. The van der Waals surface area contributed by atoms with Gasteiger partial charge in [0.25, 0.3) is 0 Å². The third-order valence-corrected chi connectivity index (χ3v) is 2.12. The van der Waals surface area contributed by atoms with Crippen molar-refractivity contribution in [3.8, 4) is 5.75 Å². The normalized spacial score (nSPS) is 11.9. The van der Waals surface area contributed by atoms with Gasteiger partial charge in [-0.1, -0.05) is 6.07 Å². The summed E-state index contributed by atoms with van der Waals surface area (Å²) < 4.78 is 12.9. The number of hydrogen-bond donors (Lipinski definition) is 3. The van der Waals surface area contributed by atoms with E-state index in [1.165, 1.54) is 12.1 Å². The number of aromatic hydroxyl groups is 1. The lowest BCUT2D eigenvalue weighted by Crippen LogP contribution is -2.12. The van der Waals surface area contributed by atoms with Gasteiger partial charge < -0.3 is 16.6 Å². The van der Waals surface area contributed by atoms with E-state index in [2.05, 4.69) is 0 Å². The third-order valence-electron chi connectivity index (χ3n) is 2.12. The first-order valence-corrected chi connectivity index (χ1v) is 4.59. The van der Waals surface area contributed by atoms with Crippen LogP contribution in [0.5, 0.6) is 5.75 Å².